The third kappa shape index (κ3) is 3.36. The van der Waals surface area contributed by atoms with E-state index >= 15 is 0 Å². The molecular weight excluding hydrogens is 409 g/mol. The first-order chi connectivity index (χ1) is 15.5. The molecule has 0 bridgehead atoms. The van der Waals surface area contributed by atoms with Crippen LogP contribution in [0.3, 0.4) is 0 Å². The van der Waals surface area contributed by atoms with E-state index < -0.39 is 0 Å². The molecule has 0 amide bonds. The van der Waals surface area contributed by atoms with Crippen LogP contribution in [0.4, 0.5) is 16.2 Å². The van der Waals surface area contributed by atoms with E-state index in [2.05, 4.69) is 26.3 Å². The largest absolute Gasteiger partial charge is 0.493 e. The highest BCUT2D eigenvalue weighted by atomic mass is 19.1. The lowest BCUT2D eigenvalue weighted by Gasteiger charge is -2.14. The second-order valence-corrected chi connectivity index (χ2v) is 7.68. The summed E-state index contributed by atoms with van der Waals surface area (Å²) in [6.45, 7) is 0.787. The SMILES string of the molecule is CN(C)c1ccc(-c2cnc(NCc3c(F)ccc4c3CCO4)n3cc(C#N)nc23)cn1. The fourth-order valence-electron chi connectivity index (χ4n) is 3.85. The first kappa shape index (κ1) is 19.8. The summed E-state index contributed by atoms with van der Waals surface area (Å²) in [5.41, 5.74) is 3.85. The highest BCUT2D eigenvalue weighted by molar-refractivity contribution is 5.78. The highest BCUT2D eigenvalue weighted by Gasteiger charge is 2.20. The molecule has 0 atom stereocenters. The van der Waals surface area contributed by atoms with Gasteiger partial charge in [0.25, 0.3) is 0 Å². The van der Waals surface area contributed by atoms with Crippen molar-refractivity contribution in [2.45, 2.75) is 13.0 Å². The number of hydrogen-bond donors (Lipinski definition) is 1. The Morgan fingerprint density at radius 1 is 1.22 bits per heavy atom. The fraction of sp³-hybridized carbons (Fsp3) is 0.217. The number of aromatic nitrogens is 4. The summed E-state index contributed by atoms with van der Waals surface area (Å²) in [6.07, 6.45) is 5.73. The molecule has 0 saturated carbocycles. The summed E-state index contributed by atoms with van der Waals surface area (Å²) in [6, 6.07) is 9.01. The summed E-state index contributed by atoms with van der Waals surface area (Å²) >= 11 is 0. The van der Waals surface area contributed by atoms with E-state index in [-0.39, 0.29) is 18.1 Å². The molecule has 4 aromatic rings. The van der Waals surface area contributed by atoms with Gasteiger partial charge in [-0.1, -0.05) is 0 Å². The number of hydrogen-bond acceptors (Lipinski definition) is 7. The van der Waals surface area contributed by atoms with Crippen molar-refractivity contribution >= 4 is 17.4 Å². The standard InChI is InChI=1S/C23H20FN7O/c1-30(2)21-6-3-14(10-26-21)17-11-27-23(31-13-15(9-25)29-22(17)31)28-12-18-16-7-8-32-20(16)5-4-19(18)24/h3-6,10-11,13H,7-8,12H2,1-2H3,(H,27,28). The normalized spacial score (nSPS) is 12.3. The fourth-order valence-corrected chi connectivity index (χ4v) is 3.85. The van der Waals surface area contributed by atoms with Crippen LogP contribution in [-0.4, -0.2) is 40.1 Å². The maximum absolute atomic E-state index is 14.5. The Bertz CT molecular complexity index is 1360. The number of pyridine rings is 1. The molecule has 0 spiro atoms. The van der Waals surface area contributed by atoms with E-state index in [1.54, 1.807) is 29.1 Å². The lowest BCUT2D eigenvalue weighted by molar-refractivity contribution is 0.356. The highest BCUT2D eigenvalue weighted by Crippen LogP contribution is 2.31. The molecule has 4 heterocycles. The summed E-state index contributed by atoms with van der Waals surface area (Å²) in [5, 5.41) is 12.6. The number of imidazole rings is 1. The van der Waals surface area contributed by atoms with E-state index in [9.17, 15) is 9.65 Å². The number of nitrogens with zero attached hydrogens (tertiary/aromatic N) is 6. The van der Waals surface area contributed by atoms with Gasteiger partial charge in [-0.25, -0.2) is 19.3 Å². The predicted molar refractivity (Wildman–Crippen MR) is 118 cm³/mol. The molecule has 1 N–H and O–H groups in total. The molecule has 8 nitrogen and oxygen atoms in total. The van der Waals surface area contributed by atoms with Gasteiger partial charge in [0.2, 0.25) is 5.95 Å². The van der Waals surface area contributed by atoms with Crippen LogP contribution < -0.4 is 15.0 Å². The predicted octanol–water partition coefficient (Wildman–Crippen LogP) is 3.42. The van der Waals surface area contributed by atoms with Gasteiger partial charge in [0.15, 0.2) is 11.3 Å². The van der Waals surface area contributed by atoms with Crippen molar-refractivity contribution in [1.29, 1.82) is 5.26 Å². The van der Waals surface area contributed by atoms with Crippen LogP contribution in [0.1, 0.15) is 16.8 Å². The van der Waals surface area contributed by atoms with Crippen molar-refractivity contribution in [3.8, 4) is 22.9 Å². The molecule has 9 heteroatoms. The summed E-state index contributed by atoms with van der Waals surface area (Å²) in [4.78, 5) is 15.4. The molecular formula is C23H20FN7O. The molecule has 0 saturated heterocycles. The number of fused-ring (bicyclic) bond motifs is 2. The Morgan fingerprint density at radius 2 is 2.09 bits per heavy atom. The molecule has 5 rings (SSSR count). The molecule has 0 radical (unpaired) electrons. The smallest absolute Gasteiger partial charge is 0.208 e. The Hall–Kier alpha value is -4.19. The zero-order valence-electron chi connectivity index (χ0n) is 17.6. The van der Waals surface area contributed by atoms with E-state index in [1.165, 1.54) is 6.07 Å². The molecule has 160 valence electrons. The Kier molecular flexibility index (Phi) is 4.82. The van der Waals surface area contributed by atoms with Crippen LogP contribution >= 0.6 is 0 Å². The maximum atomic E-state index is 14.5. The van der Waals surface area contributed by atoms with Gasteiger partial charge in [-0.15, -0.1) is 0 Å². The van der Waals surface area contributed by atoms with Crippen molar-refractivity contribution in [1.82, 2.24) is 19.4 Å². The van der Waals surface area contributed by atoms with Gasteiger partial charge in [-0.05, 0) is 24.3 Å². The van der Waals surface area contributed by atoms with E-state index in [1.807, 2.05) is 31.1 Å². The van der Waals surface area contributed by atoms with Crippen LogP contribution in [-0.2, 0) is 13.0 Å². The van der Waals surface area contributed by atoms with E-state index in [0.717, 1.165) is 28.3 Å². The van der Waals surface area contributed by atoms with Gasteiger partial charge in [0.05, 0.1) is 12.8 Å². The number of benzene rings is 1. The monoisotopic (exact) mass is 429 g/mol. The molecule has 0 fully saturated rings. The molecule has 1 aromatic carbocycles. The molecule has 1 aliphatic heterocycles. The van der Waals surface area contributed by atoms with Gasteiger partial charge in [-0.3, -0.25) is 4.40 Å². The molecule has 0 aliphatic carbocycles. The molecule has 32 heavy (non-hydrogen) atoms. The van der Waals surface area contributed by atoms with E-state index in [0.29, 0.717) is 30.2 Å². The van der Waals surface area contributed by atoms with Crippen molar-refractivity contribution in [2.24, 2.45) is 0 Å². The van der Waals surface area contributed by atoms with Crippen molar-refractivity contribution in [3.63, 3.8) is 0 Å². The number of nitriles is 1. The van der Waals surface area contributed by atoms with Crippen LogP contribution in [0.2, 0.25) is 0 Å². The first-order valence-corrected chi connectivity index (χ1v) is 10.1. The average Bonchev–Trinajstić information content (AvgIpc) is 3.45. The van der Waals surface area contributed by atoms with Crippen molar-refractivity contribution in [3.05, 3.63) is 65.5 Å². The summed E-state index contributed by atoms with van der Waals surface area (Å²) in [5.74, 6) is 1.73. The van der Waals surface area contributed by atoms with Crippen LogP contribution in [0.15, 0.2) is 42.9 Å². The molecule has 1 aliphatic rings. The van der Waals surface area contributed by atoms with Crippen LogP contribution in [0.25, 0.3) is 16.8 Å². The zero-order valence-corrected chi connectivity index (χ0v) is 17.6. The van der Waals surface area contributed by atoms with Crippen LogP contribution in [0.5, 0.6) is 5.75 Å². The number of rotatable bonds is 5. The van der Waals surface area contributed by atoms with Gasteiger partial charge < -0.3 is 15.0 Å². The number of ether oxygens (including phenoxy) is 1. The lowest BCUT2D eigenvalue weighted by atomic mass is 10.0. The minimum Gasteiger partial charge on any atom is -0.493 e. The molecule has 0 unspecified atom stereocenters. The topological polar surface area (TPSA) is 91.4 Å². The first-order valence-electron chi connectivity index (χ1n) is 10.1. The number of anilines is 2. The Balaban J connectivity index is 1.52. The lowest BCUT2D eigenvalue weighted by Crippen LogP contribution is -2.10. The number of halogens is 1. The Labute approximate surface area is 183 Å². The Morgan fingerprint density at radius 3 is 2.84 bits per heavy atom. The van der Waals surface area contributed by atoms with Crippen molar-refractivity contribution < 1.29 is 9.13 Å². The quantitative estimate of drug-likeness (QED) is 0.520. The maximum Gasteiger partial charge on any atom is 0.208 e. The van der Waals surface area contributed by atoms with Crippen molar-refractivity contribution in [2.75, 3.05) is 30.9 Å². The van der Waals surface area contributed by atoms with Gasteiger partial charge >= 0.3 is 0 Å². The molecule has 3 aromatic heterocycles. The van der Waals surface area contributed by atoms with Gasteiger partial charge in [-0.2, -0.15) is 5.26 Å². The van der Waals surface area contributed by atoms with Crippen LogP contribution in [0, 0.1) is 17.1 Å². The minimum absolute atomic E-state index is 0.235. The van der Waals surface area contributed by atoms with E-state index in [4.69, 9.17) is 4.74 Å². The third-order valence-corrected chi connectivity index (χ3v) is 5.49. The van der Waals surface area contributed by atoms with Gasteiger partial charge in [0, 0.05) is 61.7 Å². The zero-order chi connectivity index (χ0) is 22.2. The average molecular weight is 429 g/mol. The summed E-state index contributed by atoms with van der Waals surface area (Å²) < 4.78 is 21.8. The third-order valence-electron chi connectivity index (χ3n) is 5.49. The second-order valence-electron chi connectivity index (χ2n) is 7.68. The minimum atomic E-state index is -0.287. The van der Waals surface area contributed by atoms with Gasteiger partial charge in [0.1, 0.15) is 23.5 Å². The summed E-state index contributed by atoms with van der Waals surface area (Å²) in [7, 11) is 3.85. The second kappa shape index (κ2) is 7.81. The number of nitrogens with one attached hydrogen (secondary N) is 1.